The van der Waals surface area contributed by atoms with Crippen LogP contribution in [0.25, 0.3) is 0 Å². The number of hydrogen-bond acceptors (Lipinski definition) is 5. The minimum Gasteiger partial charge on any atom is -0.469 e. The summed E-state index contributed by atoms with van der Waals surface area (Å²) in [5.74, 6) is 0.465. The van der Waals surface area contributed by atoms with Gasteiger partial charge in [0.05, 0.1) is 18.9 Å². The number of aryl methyl sites for hydroxylation is 2. The van der Waals surface area contributed by atoms with Crippen molar-refractivity contribution in [1.29, 1.82) is 0 Å². The molecule has 0 radical (unpaired) electrons. The maximum absolute atomic E-state index is 11.8. The van der Waals surface area contributed by atoms with E-state index < -0.39 is 5.97 Å². The molecule has 1 aromatic carbocycles. The molecule has 0 aliphatic heterocycles. The van der Waals surface area contributed by atoms with Gasteiger partial charge in [-0.15, -0.1) is 0 Å². The third-order valence-electron chi connectivity index (χ3n) is 3.59. The third kappa shape index (κ3) is 3.02. The van der Waals surface area contributed by atoms with E-state index in [0.717, 1.165) is 22.6 Å². The molecule has 0 unspecified atom stereocenters. The highest BCUT2D eigenvalue weighted by molar-refractivity contribution is 5.97. The Morgan fingerprint density at radius 1 is 1.38 bits per heavy atom. The molecule has 0 amide bonds. The second-order valence-electron chi connectivity index (χ2n) is 5.07. The summed E-state index contributed by atoms with van der Waals surface area (Å²) in [5.41, 5.74) is 9.66. The van der Waals surface area contributed by atoms with Crippen LogP contribution in [0.4, 0.5) is 11.4 Å². The molecule has 0 spiro atoms. The Kier molecular flexibility index (Phi) is 4.21. The van der Waals surface area contributed by atoms with Crippen molar-refractivity contribution >= 4 is 17.3 Å². The second-order valence-corrected chi connectivity index (χ2v) is 5.07. The molecule has 5 heteroatoms. The van der Waals surface area contributed by atoms with Gasteiger partial charge in [0.25, 0.3) is 0 Å². The van der Waals surface area contributed by atoms with Crippen LogP contribution < -0.4 is 10.6 Å². The topological polar surface area (TPSA) is 68.7 Å². The van der Waals surface area contributed by atoms with Gasteiger partial charge in [0.2, 0.25) is 0 Å². The Balaban J connectivity index is 2.33. The van der Waals surface area contributed by atoms with Crippen LogP contribution in [0.15, 0.2) is 28.9 Å². The van der Waals surface area contributed by atoms with Crippen LogP contribution in [-0.4, -0.2) is 20.1 Å². The number of methoxy groups -OCH3 is 1. The fourth-order valence-corrected chi connectivity index (χ4v) is 2.20. The number of rotatable bonds is 4. The first-order chi connectivity index (χ1) is 9.93. The van der Waals surface area contributed by atoms with Crippen LogP contribution >= 0.6 is 0 Å². The molecule has 0 atom stereocenters. The fraction of sp³-hybridized carbons (Fsp3) is 0.312. The molecule has 2 aromatic rings. The van der Waals surface area contributed by atoms with Crippen molar-refractivity contribution in [2.24, 2.45) is 0 Å². The number of anilines is 2. The standard InChI is InChI=1S/C16H20N2O3/c1-10-7-13(8-14(15(10)17)16(19)20-4)18(3)9-12-5-6-21-11(12)2/h5-8H,9,17H2,1-4H3. The second kappa shape index (κ2) is 5.91. The molecule has 0 bridgehead atoms. The molecule has 112 valence electrons. The summed E-state index contributed by atoms with van der Waals surface area (Å²) in [7, 11) is 3.31. The van der Waals surface area contributed by atoms with Gasteiger partial charge in [-0.05, 0) is 37.6 Å². The zero-order valence-electron chi connectivity index (χ0n) is 12.8. The molecule has 0 fully saturated rings. The summed E-state index contributed by atoms with van der Waals surface area (Å²) in [6, 6.07) is 5.65. The van der Waals surface area contributed by atoms with Gasteiger partial charge < -0.3 is 19.8 Å². The lowest BCUT2D eigenvalue weighted by atomic mass is 10.1. The Morgan fingerprint density at radius 2 is 2.10 bits per heavy atom. The number of carbonyl (C=O) groups is 1. The molecular formula is C16H20N2O3. The van der Waals surface area contributed by atoms with Crippen LogP contribution in [0.3, 0.4) is 0 Å². The molecule has 0 saturated carbocycles. The van der Waals surface area contributed by atoms with E-state index >= 15 is 0 Å². The molecule has 0 saturated heterocycles. The number of ether oxygens (including phenoxy) is 1. The lowest BCUT2D eigenvalue weighted by molar-refractivity contribution is 0.0602. The summed E-state index contributed by atoms with van der Waals surface area (Å²) in [6.07, 6.45) is 1.67. The fourth-order valence-electron chi connectivity index (χ4n) is 2.20. The van der Waals surface area contributed by atoms with Gasteiger partial charge in [-0.25, -0.2) is 4.79 Å². The van der Waals surface area contributed by atoms with Gasteiger partial charge in [-0.2, -0.15) is 0 Å². The van der Waals surface area contributed by atoms with Crippen LogP contribution in [0.5, 0.6) is 0 Å². The molecule has 1 heterocycles. The first-order valence-electron chi connectivity index (χ1n) is 6.66. The normalized spacial score (nSPS) is 10.5. The van der Waals surface area contributed by atoms with Crippen molar-refractivity contribution in [3.05, 3.63) is 46.9 Å². The average molecular weight is 288 g/mol. The van der Waals surface area contributed by atoms with Crippen LogP contribution in [-0.2, 0) is 11.3 Å². The van der Waals surface area contributed by atoms with Crippen molar-refractivity contribution in [3.8, 4) is 0 Å². The monoisotopic (exact) mass is 288 g/mol. The highest BCUT2D eigenvalue weighted by Gasteiger charge is 2.15. The van der Waals surface area contributed by atoms with Crippen LogP contribution in [0, 0.1) is 13.8 Å². The Morgan fingerprint density at radius 3 is 2.67 bits per heavy atom. The summed E-state index contributed by atoms with van der Waals surface area (Å²) in [6.45, 7) is 4.49. The first-order valence-corrected chi connectivity index (χ1v) is 6.66. The van der Waals surface area contributed by atoms with E-state index in [1.807, 2.05) is 37.9 Å². The van der Waals surface area contributed by atoms with Gasteiger partial charge in [-0.1, -0.05) is 0 Å². The van der Waals surface area contributed by atoms with Crippen molar-refractivity contribution in [1.82, 2.24) is 0 Å². The number of nitrogens with zero attached hydrogens (tertiary/aromatic N) is 1. The van der Waals surface area contributed by atoms with E-state index in [-0.39, 0.29) is 0 Å². The largest absolute Gasteiger partial charge is 0.469 e. The number of hydrogen-bond donors (Lipinski definition) is 1. The van der Waals surface area contributed by atoms with E-state index in [1.54, 1.807) is 12.3 Å². The lowest BCUT2D eigenvalue weighted by Crippen LogP contribution is -2.18. The summed E-state index contributed by atoms with van der Waals surface area (Å²) in [5, 5.41) is 0. The summed E-state index contributed by atoms with van der Waals surface area (Å²) in [4.78, 5) is 13.8. The van der Waals surface area contributed by atoms with E-state index in [9.17, 15) is 4.79 Å². The van der Waals surface area contributed by atoms with Gasteiger partial charge in [0.15, 0.2) is 0 Å². The maximum Gasteiger partial charge on any atom is 0.340 e. The smallest absolute Gasteiger partial charge is 0.340 e. The SMILES string of the molecule is COC(=O)c1cc(N(C)Cc2ccoc2C)cc(C)c1N. The van der Waals surface area contributed by atoms with E-state index in [2.05, 4.69) is 0 Å². The maximum atomic E-state index is 11.8. The highest BCUT2D eigenvalue weighted by Crippen LogP contribution is 2.27. The molecule has 5 nitrogen and oxygen atoms in total. The first kappa shape index (κ1) is 15.0. The number of nitrogen functional groups attached to an aromatic ring is 1. The number of esters is 1. The molecular weight excluding hydrogens is 268 g/mol. The van der Waals surface area contributed by atoms with Gasteiger partial charge in [0, 0.05) is 30.5 Å². The summed E-state index contributed by atoms with van der Waals surface area (Å²) >= 11 is 0. The predicted molar refractivity (Wildman–Crippen MR) is 82.5 cm³/mol. The Labute approximate surface area is 124 Å². The van der Waals surface area contributed by atoms with E-state index in [4.69, 9.17) is 14.9 Å². The Hall–Kier alpha value is -2.43. The van der Waals surface area contributed by atoms with Crippen LogP contribution in [0.2, 0.25) is 0 Å². The lowest BCUT2D eigenvalue weighted by Gasteiger charge is -2.21. The summed E-state index contributed by atoms with van der Waals surface area (Å²) < 4.78 is 10.1. The van der Waals surface area contributed by atoms with E-state index in [1.165, 1.54) is 7.11 Å². The molecule has 1 aromatic heterocycles. The highest BCUT2D eigenvalue weighted by atomic mass is 16.5. The zero-order chi connectivity index (χ0) is 15.6. The number of carbonyl (C=O) groups excluding carboxylic acids is 1. The molecule has 0 aliphatic carbocycles. The molecule has 2 rings (SSSR count). The molecule has 2 N–H and O–H groups in total. The van der Waals surface area contributed by atoms with Gasteiger partial charge >= 0.3 is 5.97 Å². The average Bonchev–Trinajstić information content (AvgIpc) is 2.86. The van der Waals surface area contributed by atoms with Crippen molar-refractivity contribution in [2.45, 2.75) is 20.4 Å². The molecule has 0 aliphatic rings. The number of furan rings is 1. The van der Waals surface area contributed by atoms with E-state index in [0.29, 0.717) is 17.8 Å². The quantitative estimate of drug-likeness (QED) is 0.692. The van der Waals surface area contributed by atoms with Crippen molar-refractivity contribution in [2.75, 3.05) is 24.8 Å². The predicted octanol–water partition coefficient (Wildman–Crippen LogP) is 2.90. The minimum absolute atomic E-state index is 0.392. The van der Waals surface area contributed by atoms with Crippen LogP contribution in [0.1, 0.15) is 27.2 Å². The Bertz CT molecular complexity index is 662. The van der Waals surface area contributed by atoms with Crippen molar-refractivity contribution in [3.63, 3.8) is 0 Å². The van der Waals surface area contributed by atoms with Crippen molar-refractivity contribution < 1.29 is 13.9 Å². The zero-order valence-corrected chi connectivity index (χ0v) is 12.8. The number of benzene rings is 1. The molecule has 21 heavy (non-hydrogen) atoms. The minimum atomic E-state index is -0.426. The third-order valence-corrected chi connectivity index (χ3v) is 3.59. The van der Waals surface area contributed by atoms with Gasteiger partial charge in [-0.3, -0.25) is 0 Å². The van der Waals surface area contributed by atoms with Gasteiger partial charge in [0.1, 0.15) is 5.76 Å². The number of nitrogens with two attached hydrogens (primary N) is 1.